The number of hydrogen-bond acceptors (Lipinski definition) is 4. The van der Waals surface area contributed by atoms with Gasteiger partial charge in [-0.25, -0.2) is 9.59 Å². The van der Waals surface area contributed by atoms with Gasteiger partial charge in [0.2, 0.25) is 0 Å². The van der Waals surface area contributed by atoms with Crippen molar-refractivity contribution in [2.24, 2.45) is 46.8 Å². The lowest BCUT2D eigenvalue weighted by Gasteiger charge is -2.67. The maximum atomic E-state index is 14.0. The van der Waals surface area contributed by atoms with Gasteiger partial charge < -0.3 is 9.47 Å². The number of hydrogen-bond donors (Lipinski definition) is 0. The molecule has 3 aliphatic heterocycles. The first-order chi connectivity index (χ1) is 17.8. The van der Waals surface area contributed by atoms with Gasteiger partial charge in [0.05, 0.1) is 33.2 Å². The first-order valence-corrected chi connectivity index (χ1v) is 24.0. The molecule has 0 aromatic heterocycles. The molecular weight excluding hydrogens is 523 g/mol. The van der Waals surface area contributed by atoms with Crippen LogP contribution in [0.2, 0.25) is 49.9 Å². The molecule has 0 N–H and O–H groups in total. The average molecular weight is 571 g/mol. The smallest absolute Gasteiger partial charge is 0.338 e. The molecule has 0 amide bonds. The van der Waals surface area contributed by atoms with Gasteiger partial charge in [-0.1, -0.05) is 47.2 Å². The molecular formula is C31H47O4PSi2. The zero-order chi connectivity index (χ0) is 26.9. The number of methoxy groups -OCH3 is 2. The van der Waals surface area contributed by atoms with Gasteiger partial charge in [-0.2, -0.15) is 0 Å². The minimum atomic E-state index is -1.97. The molecule has 9 unspecified atom stereocenters. The van der Waals surface area contributed by atoms with Gasteiger partial charge in [0.15, 0.2) is 0 Å². The van der Waals surface area contributed by atoms with E-state index in [-0.39, 0.29) is 17.0 Å². The quantitative estimate of drug-likeness (QED) is 0.201. The number of rotatable bonds is 5. The van der Waals surface area contributed by atoms with Crippen LogP contribution in [0.5, 0.6) is 0 Å². The third kappa shape index (κ3) is 2.41. The minimum Gasteiger partial charge on any atom is -0.466 e. The summed E-state index contributed by atoms with van der Waals surface area (Å²) >= 11 is 0. The van der Waals surface area contributed by atoms with E-state index in [1.165, 1.54) is 52.1 Å². The van der Waals surface area contributed by atoms with Crippen LogP contribution < -0.4 is 0 Å². The minimum absolute atomic E-state index is 0.108. The van der Waals surface area contributed by atoms with E-state index in [1.54, 1.807) is 7.11 Å². The van der Waals surface area contributed by atoms with Crippen molar-refractivity contribution in [1.29, 1.82) is 0 Å². The van der Waals surface area contributed by atoms with E-state index in [0.717, 1.165) is 46.0 Å². The zero-order valence-corrected chi connectivity index (χ0v) is 27.6. The van der Waals surface area contributed by atoms with E-state index in [0.29, 0.717) is 28.1 Å². The highest BCUT2D eigenvalue weighted by molar-refractivity contribution is 7.68. The Morgan fingerprint density at radius 2 is 1.39 bits per heavy atom. The molecule has 4 nitrogen and oxygen atoms in total. The Morgan fingerprint density at radius 1 is 0.842 bits per heavy atom. The van der Waals surface area contributed by atoms with Crippen LogP contribution in [0.1, 0.15) is 44.9 Å². The second-order valence-electron chi connectivity index (χ2n) is 17.1. The topological polar surface area (TPSA) is 52.6 Å². The average Bonchev–Trinajstić information content (AvgIpc) is 3.30. The molecule has 7 heteroatoms. The largest absolute Gasteiger partial charge is 0.466 e. The molecule has 10 rings (SSSR count). The van der Waals surface area contributed by atoms with Crippen LogP contribution in [0.4, 0.5) is 0 Å². The molecule has 2 saturated heterocycles. The standard InChI is InChI=1S/C31H47O4PSi2/c1-34-27(32)23-24(28(33)35-2)36-26-21-19(12-20(21)37(3,4)5)22-25(30(23,26)38(6,7)8)31(22,36)29-13-16-9-17(14-29)11-18(10-16)15-29/h16-22,25-26H,9-15H2,1-8H3. The van der Waals surface area contributed by atoms with Crippen molar-refractivity contribution in [1.82, 2.24) is 0 Å². The predicted octanol–water partition coefficient (Wildman–Crippen LogP) is 7.10. The SMILES string of the molecule is COC(=O)C1=C(C(=O)OC)C2([Si](C)(C)C)C3C4C(CC4[Si](C)(C)C)C4C2C4(C24CC5CC(CC(C5)C2)C4)P13. The monoisotopic (exact) mass is 570 g/mol. The molecule has 0 aromatic carbocycles. The van der Waals surface area contributed by atoms with Crippen LogP contribution in [0, 0.1) is 46.8 Å². The molecule has 0 spiro atoms. The summed E-state index contributed by atoms with van der Waals surface area (Å²) in [4.78, 5) is 27.9. The van der Waals surface area contributed by atoms with Crippen LogP contribution in [-0.2, 0) is 19.1 Å². The van der Waals surface area contributed by atoms with Crippen molar-refractivity contribution in [2.45, 2.75) is 106 Å². The lowest BCUT2D eigenvalue weighted by atomic mass is 9.47. The highest BCUT2D eigenvalue weighted by Crippen LogP contribution is 3.07. The zero-order valence-electron chi connectivity index (χ0n) is 24.7. The summed E-state index contributed by atoms with van der Waals surface area (Å²) in [6, 6.07) is 0. The number of esters is 2. The van der Waals surface area contributed by atoms with Gasteiger partial charge in [0.25, 0.3) is 0 Å². The molecule has 9 fully saturated rings. The van der Waals surface area contributed by atoms with E-state index in [4.69, 9.17) is 9.47 Å². The van der Waals surface area contributed by atoms with Crippen LogP contribution in [-0.4, -0.2) is 53.1 Å². The number of carbonyl (C=O) groups excluding carboxylic acids is 2. The summed E-state index contributed by atoms with van der Waals surface area (Å²) in [5, 5.41) is 1.06. The Labute approximate surface area is 232 Å². The fraction of sp³-hybridized carbons (Fsp3) is 0.871. The maximum Gasteiger partial charge on any atom is 0.338 e. The molecule has 7 aliphatic carbocycles. The van der Waals surface area contributed by atoms with Gasteiger partial charge in [0, 0.05) is 18.3 Å². The highest BCUT2D eigenvalue weighted by Gasteiger charge is 2.99. The van der Waals surface area contributed by atoms with Crippen molar-refractivity contribution in [3.8, 4) is 0 Å². The van der Waals surface area contributed by atoms with E-state index < -0.39 is 24.1 Å². The Balaban J connectivity index is 1.40. The van der Waals surface area contributed by atoms with Gasteiger partial charge in [0.1, 0.15) is 0 Å². The summed E-state index contributed by atoms with van der Waals surface area (Å²) in [5.41, 5.74) is 2.60. The lowest BCUT2D eigenvalue weighted by molar-refractivity contribution is -0.139. The van der Waals surface area contributed by atoms with Gasteiger partial charge in [-0.3, -0.25) is 0 Å². The fourth-order valence-corrected chi connectivity index (χ4v) is 27.3. The van der Waals surface area contributed by atoms with E-state index >= 15 is 0 Å². The van der Waals surface area contributed by atoms with Crippen LogP contribution in [0.25, 0.3) is 0 Å². The van der Waals surface area contributed by atoms with E-state index in [9.17, 15) is 9.59 Å². The van der Waals surface area contributed by atoms with Crippen molar-refractivity contribution < 1.29 is 19.1 Å². The fourth-order valence-electron chi connectivity index (χ4n) is 13.9. The second kappa shape index (κ2) is 7.12. The molecule has 9 atom stereocenters. The number of carbonyl (C=O) groups is 2. The van der Waals surface area contributed by atoms with E-state index in [1.807, 2.05) is 0 Å². The Hall–Kier alpha value is -0.456. The van der Waals surface area contributed by atoms with Gasteiger partial charge >= 0.3 is 11.9 Å². The second-order valence-corrected chi connectivity index (χ2v) is 30.4. The molecule has 0 aromatic rings. The third-order valence-electron chi connectivity index (χ3n) is 14.1. The Kier molecular flexibility index (Phi) is 4.73. The molecule has 3 heterocycles. The summed E-state index contributed by atoms with van der Waals surface area (Å²) in [7, 11) is -0.998. The molecule has 10 aliphatic rings. The normalized spacial score (nSPS) is 54.5. The molecule has 38 heavy (non-hydrogen) atoms. The summed E-state index contributed by atoms with van der Waals surface area (Å²) < 4.78 is 11.2. The summed E-state index contributed by atoms with van der Waals surface area (Å²) in [6.07, 6.45) is 10.0. The van der Waals surface area contributed by atoms with E-state index in [2.05, 4.69) is 39.3 Å². The predicted molar refractivity (Wildman–Crippen MR) is 157 cm³/mol. The molecule has 208 valence electrons. The molecule has 7 saturated carbocycles. The third-order valence-corrected chi connectivity index (χ3v) is 24.6. The molecule has 10 bridgehead atoms. The van der Waals surface area contributed by atoms with Crippen molar-refractivity contribution in [2.75, 3.05) is 14.2 Å². The Bertz CT molecular complexity index is 1160. The first kappa shape index (κ1) is 25.3. The Morgan fingerprint density at radius 3 is 1.87 bits per heavy atom. The van der Waals surface area contributed by atoms with Crippen LogP contribution in [0.3, 0.4) is 0 Å². The van der Waals surface area contributed by atoms with Crippen molar-refractivity contribution in [3.63, 3.8) is 0 Å². The van der Waals surface area contributed by atoms with Crippen LogP contribution >= 0.6 is 7.92 Å². The van der Waals surface area contributed by atoms with Gasteiger partial charge in [-0.15, -0.1) is 0 Å². The highest BCUT2D eigenvalue weighted by atomic mass is 31.1. The first-order valence-electron chi connectivity index (χ1n) is 15.5. The summed E-state index contributed by atoms with van der Waals surface area (Å²) in [5.74, 6) is 5.26. The summed E-state index contributed by atoms with van der Waals surface area (Å²) in [6.45, 7) is 15.3. The van der Waals surface area contributed by atoms with Gasteiger partial charge in [-0.05, 0) is 103 Å². The van der Waals surface area contributed by atoms with Crippen LogP contribution in [0.15, 0.2) is 10.9 Å². The maximum absolute atomic E-state index is 14.0. The number of ether oxygens (including phenoxy) is 2. The molecule has 0 radical (unpaired) electrons. The van der Waals surface area contributed by atoms with Crippen molar-refractivity contribution >= 4 is 36.0 Å². The van der Waals surface area contributed by atoms with Crippen molar-refractivity contribution in [3.05, 3.63) is 10.9 Å². The lowest BCUT2D eigenvalue weighted by Crippen LogP contribution is -2.62.